The van der Waals surface area contributed by atoms with Gasteiger partial charge in [-0.05, 0) is 40.5 Å². The monoisotopic (exact) mass is 462 g/mol. The molecule has 10 heteroatoms. The van der Waals surface area contributed by atoms with E-state index in [-0.39, 0.29) is 17.6 Å². The van der Waals surface area contributed by atoms with Crippen molar-refractivity contribution in [2.75, 3.05) is 36.9 Å². The maximum atomic E-state index is 12.7. The number of alkyl carbamates (subject to hydrolysis) is 1. The number of nitrogens with one attached hydrogen (secondary N) is 1. The molecule has 32 heavy (non-hydrogen) atoms. The Morgan fingerprint density at radius 1 is 1.44 bits per heavy atom. The summed E-state index contributed by atoms with van der Waals surface area (Å²) >= 11 is 1.66. The number of imidazole rings is 1. The molecule has 0 aromatic carbocycles. The summed E-state index contributed by atoms with van der Waals surface area (Å²) in [6.07, 6.45) is 7.22. The highest BCUT2D eigenvalue weighted by atomic mass is 32.2. The summed E-state index contributed by atoms with van der Waals surface area (Å²) < 4.78 is 13.5. The van der Waals surface area contributed by atoms with Crippen molar-refractivity contribution in [2.45, 2.75) is 63.2 Å². The van der Waals surface area contributed by atoms with E-state index in [4.69, 9.17) is 20.2 Å². The molecule has 2 aliphatic rings. The number of ether oxygens (including phenoxy) is 2. The summed E-state index contributed by atoms with van der Waals surface area (Å²) in [6.45, 7) is 10.4. The van der Waals surface area contributed by atoms with Gasteiger partial charge in [0.05, 0.1) is 23.6 Å². The Labute approximate surface area is 193 Å². The second-order valence-electron chi connectivity index (χ2n) is 9.76. The molecule has 0 saturated carbocycles. The molecule has 2 aromatic heterocycles. The van der Waals surface area contributed by atoms with Crippen molar-refractivity contribution in [1.82, 2.24) is 19.7 Å². The predicted molar refractivity (Wildman–Crippen MR) is 125 cm³/mol. The minimum absolute atomic E-state index is 0.0994. The summed E-state index contributed by atoms with van der Waals surface area (Å²) in [5, 5.41) is 3.16. The third-order valence-electron chi connectivity index (χ3n) is 6.09. The van der Waals surface area contributed by atoms with Crippen LogP contribution in [0, 0.1) is 5.41 Å². The number of aromatic nitrogens is 3. The first kappa shape index (κ1) is 23.1. The third kappa shape index (κ3) is 4.82. The van der Waals surface area contributed by atoms with Gasteiger partial charge < -0.3 is 25.4 Å². The van der Waals surface area contributed by atoms with E-state index < -0.39 is 11.7 Å². The largest absolute Gasteiger partial charge is 0.444 e. The summed E-state index contributed by atoms with van der Waals surface area (Å²) in [5.74, 6) is 1.64. The van der Waals surface area contributed by atoms with E-state index in [9.17, 15) is 4.79 Å². The van der Waals surface area contributed by atoms with Crippen molar-refractivity contribution in [2.24, 2.45) is 11.1 Å². The fourth-order valence-corrected chi connectivity index (χ4v) is 5.42. The summed E-state index contributed by atoms with van der Waals surface area (Å²) in [5.41, 5.74) is 5.90. The molecule has 0 aliphatic carbocycles. The van der Waals surface area contributed by atoms with Gasteiger partial charge in [-0.3, -0.25) is 4.40 Å². The predicted octanol–water partition coefficient (Wildman–Crippen LogP) is 2.68. The van der Waals surface area contributed by atoms with Gasteiger partial charge >= 0.3 is 6.09 Å². The molecule has 4 heterocycles. The lowest BCUT2D eigenvalue weighted by Gasteiger charge is -2.45. The van der Waals surface area contributed by atoms with Crippen LogP contribution in [0.1, 0.15) is 40.5 Å². The number of anilines is 1. The van der Waals surface area contributed by atoms with Gasteiger partial charge in [-0.1, -0.05) is 0 Å². The van der Waals surface area contributed by atoms with Gasteiger partial charge in [0.25, 0.3) is 0 Å². The zero-order chi connectivity index (χ0) is 22.9. The normalized spacial score (nSPS) is 26.1. The van der Waals surface area contributed by atoms with Gasteiger partial charge in [0.2, 0.25) is 5.95 Å². The van der Waals surface area contributed by atoms with E-state index in [0.717, 1.165) is 41.6 Å². The standard InChI is InChI=1S/C22H34N6O3S/c1-15-11-22(14-30-15)5-8-27(13-17(22)26-20(29)31-21(2,3)4)19-25-12-16(32-10-6-23)18-24-7-9-28(18)19/h7,9,12,15,17H,5-6,8,10-11,13-14,23H2,1-4H3,(H,26,29)/t15-,17?,22?/m0/s1. The highest BCUT2D eigenvalue weighted by Gasteiger charge is 2.49. The molecule has 176 valence electrons. The average molecular weight is 463 g/mol. The van der Waals surface area contributed by atoms with Gasteiger partial charge in [0, 0.05) is 49.4 Å². The molecule has 2 aromatic rings. The van der Waals surface area contributed by atoms with Crippen LogP contribution in [0.25, 0.3) is 5.65 Å². The van der Waals surface area contributed by atoms with Gasteiger partial charge in [-0.2, -0.15) is 0 Å². The van der Waals surface area contributed by atoms with Crippen LogP contribution in [0.5, 0.6) is 0 Å². The first-order valence-corrected chi connectivity index (χ1v) is 12.2. The quantitative estimate of drug-likeness (QED) is 0.653. The lowest BCUT2D eigenvalue weighted by molar-refractivity contribution is 0.0385. The van der Waals surface area contributed by atoms with Crippen LogP contribution in [0.4, 0.5) is 10.7 Å². The molecule has 4 rings (SSSR count). The molecule has 0 bridgehead atoms. The Morgan fingerprint density at radius 2 is 2.25 bits per heavy atom. The van der Waals surface area contributed by atoms with E-state index in [1.54, 1.807) is 18.0 Å². The Hall–Kier alpha value is -2.04. The smallest absolute Gasteiger partial charge is 0.407 e. The van der Waals surface area contributed by atoms with E-state index in [1.165, 1.54) is 0 Å². The molecule has 3 atom stereocenters. The van der Waals surface area contributed by atoms with Gasteiger partial charge in [-0.25, -0.2) is 14.8 Å². The van der Waals surface area contributed by atoms with E-state index in [0.29, 0.717) is 19.7 Å². The maximum absolute atomic E-state index is 12.7. The number of fused-ring (bicyclic) bond motifs is 1. The minimum Gasteiger partial charge on any atom is -0.444 e. The van der Waals surface area contributed by atoms with Gasteiger partial charge in [-0.15, -0.1) is 11.8 Å². The second-order valence-corrected chi connectivity index (χ2v) is 10.9. The number of thioether (sulfide) groups is 1. The van der Waals surface area contributed by atoms with Crippen LogP contribution in [-0.4, -0.2) is 70.2 Å². The number of carbonyl (C=O) groups is 1. The number of hydrogen-bond acceptors (Lipinski definition) is 8. The van der Waals surface area contributed by atoms with Crippen LogP contribution in [-0.2, 0) is 9.47 Å². The van der Waals surface area contributed by atoms with Crippen molar-refractivity contribution in [3.8, 4) is 0 Å². The number of piperidine rings is 1. The zero-order valence-electron chi connectivity index (χ0n) is 19.3. The Kier molecular flexibility index (Phi) is 6.56. The van der Waals surface area contributed by atoms with E-state index >= 15 is 0 Å². The molecule has 3 N–H and O–H groups in total. The first-order chi connectivity index (χ1) is 15.2. The fraction of sp³-hybridized carbons (Fsp3) is 0.682. The third-order valence-corrected chi connectivity index (χ3v) is 7.13. The molecule has 2 unspecified atom stereocenters. The van der Waals surface area contributed by atoms with Crippen LogP contribution in [0.15, 0.2) is 23.5 Å². The number of carbonyl (C=O) groups excluding carboxylic acids is 1. The molecule has 1 spiro atoms. The lowest BCUT2D eigenvalue weighted by atomic mass is 9.73. The van der Waals surface area contributed by atoms with Crippen molar-refractivity contribution in [3.63, 3.8) is 0 Å². The van der Waals surface area contributed by atoms with Crippen LogP contribution in [0.2, 0.25) is 0 Å². The summed E-state index contributed by atoms with van der Waals surface area (Å²) in [4.78, 5) is 25.2. The highest BCUT2D eigenvalue weighted by Crippen LogP contribution is 2.43. The molecule has 1 amide bonds. The van der Waals surface area contributed by atoms with Crippen molar-refractivity contribution >= 4 is 29.5 Å². The first-order valence-electron chi connectivity index (χ1n) is 11.2. The number of nitrogens with two attached hydrogens (primary N) is 1. The van der Waals surface area contributed by atoms with Crippen molar-refractivity contribution in [1.29, 1.82) is 0 Å². The maximum Gasteiger partial charge on any atom is 0.407 e. The van der Waals surface area contributed by atoms with Crippen molar-refractivity contribution < 1.29 is 14.3 Å². The Morgan fingerprint density at radius 3 is 2.94 bits per heavy atom. The molecule has 0 radical (unpaired) electrons. The Balaban J connectivity index is 1.59. The van der Waals surface area contributed by atoms with Gasteiger partial charge in [0.15, 0.2) is 5.65 Å². The van der Waals surface area contributed by atoms with Crippen LogP contribution >= 0.6 is 11.8 Å². The van der Waals surface area contributed by atoms with Crippen LogP contribution < -0.4 is 16.0 Å². The zero-order valence-corrected chi connectivity index (χ0v) is 20.2. The second kappa shape index (κ2) is 9.07. The number of hydrogen-bond donors (Lipinski definition) is 2. The van der Waals surface area contributed by atoms with E-state index in [2.05, 4.69) is 22.1 Å². The lowest BCUT2D eigenvalue weighted by Crippen LogP contribution is -2.60. The molecule has 9 nitrogen and oxygen atoms in total. The number of rotatable bonds is 5. The van der Waals surface area contributed by atoms with Crippen molar-refractivity contribution in [3.05, 3.63) is 18.6 Å². The summed E-state index contributed by atoms with van der Waals surface area (Å²) in [7, 11) is 0. The molecule has 2 saturated heterocycles. The average Bonchev–Trinajstić information content (AvgIpc) is 3.34. The number of amides is 1. The van der Waals surface area contributed by atoms with E-state index in [1.807, 2.05) is 37.6 Å². The minimum atomic E-state index is -0.549. The SMILES string of the molecule is C[C@H]1CC2(CCN(c3ncc(SCCN)c4nccn34)CC2NC(=O)OC(C)(C)C)CO1. The van der Waals surface area contributed by atoms with Gasteiger partial charge in [0.1, 0.15) is 5.60 Å². The molecular formula is C22H34N6O3S. The highest BCUT2D eigenvalue weighted by molar-refractivity contribution is 7.99. The number of nitrogens with zero attached hydrogens (tertiary/aromatic N) is 4. The Bertz CT molecular complexity index is 961. The fourth-order valence-electron chi connectivity index (χ4n) is 4.67. The molecule has 2 fully saturated rings. The van der Waals surface area contributed by atoms with Crippen LogP contribution in [0.3, 0.4) is 0 Å². The topological polar surface area (TPSA) is 107 Å². The summed E-state index contributed by atoms with van der Waals surface area (Å²) in [6, 6.07) is -0.109. The molecular weight excluding hydrogens is 428 g/mol. The molecule has 2 aliphatic heterocycles.